The highest BCUT2D eigenvalue weighted by atomic mass is 79.9. The van der Waals surface area contributed by atoms with Crippen LogP contribution in [0.5, 0.6) is 5.75 Å². The topological polar surface area (TPSA) is 20.2 Å². The summed E-state index contributed by atoms with van der Waals surface area (Å²) in [6.45, 7) is 0. The summed E-state index contributed by atoms with van der Waals surface area (Å²) < 4.78 is 37.7. The quantitative estimate of drug-likeness (QED) is 0.592. The Labute approximate surface area is 75.0 Å². The van der Waals surface area contributed by atoms with Crippen molar-refractivity contribution in [2.75, 3.05) is 0 Å². The van der Waals surface area contributed by atoms with Crippen LogP contribution < -0.4 is 0 Å². The minimum Gasteiger partial charge on any atom is -0.503 e. The van der Waals surface area contributed by atoms with Crippen molar-refractivity contribution in [1.29, 1.82) is 0 Å². The van der Waals surface area contributed by atoms with Crippen LogP contribution in [0.25, 0.3) is 0 Å². The van der Waals surface area contributed by atoms with Crippen molar-refractivity contribution in [2.45, 2.75) is 5.33 Å². The standard InChI is InChI=1S/C7H4BrF3O/c8-2-3-1-4(9)6(11)7(12)5(3)10/h1,12H,2H2. The molecule has 0 bridgehead atoms. The Morgan fingerprint density at radius 1 is 1.25 bits per heavy atom. The second-order valence-electron chi connectivity index (χ2n) is 2.13. The van der Waals surface area contributed by atoms with Gasteiger partial charge in [0.25, 0.3) is 0 Å². The van der Waals surface area contributed by atoms with Crippen LogP contribution in [0.3, 0.4) is 0 Å². The molecule has 0 aliphatic heterocycles. The van der Waals surface area contributed by atoms with Crippen molar-refractivity contribution >= 4 is 15.9 Å². The van der Waals surface area contributed by atoms with E-state index in [4.69, 9.17) is 5.11 Å². The Bertz CT molecular complexity index is 314. The number of phenolic OH excluding ortho intramolecular Hbond substituents is 1. The molecule has 0 aliphatic rings. The molecule has 0 aromatic heterocycles. The number of alkyl halides is 1. The molecule has 1 rings (SSSR count). The summed E-state index contributed by atoms with van der Waals surface area (Å²) in [5.41, 5.74) is -0.119. The fourth-order valence-corrected chi connectivity index (χ4v) is 1.15. The molecular weight excluding hydrogens is 237 g/mol. The van der Waals surface area contributed by atoms with E-state index in [1.54, 1.807) is 0 Å². The van der Waals surface area contributed by atoms with Crippen LogP contribution in [0.4, 0.5) is 13.2 Å². The van der Waals surface area contributed by atoms with Gasteiger partial charge in [0.05, 0.1) is 0 Å². The highest BCUT2D eigenvalue weighted by molar-refractivity contribution is 9.08. The zero-order valence-electron chi connectivity index (χ0n) is 5.74. The molecule has 0 aliphatic carbocycles. The molecule has 12 heavy (non-hydrogen) atoms. The first kappa shape index (κ1) is 9.38. The predicted molar refractivity (Wildman–Crippen MR) is 40.6 cm³/mol. The molecule has 0 spiro atoms. The van der Waals surface area contributed by atoms with Crippen molar-refractivity contribution in [3.63, 3.8) is 0 Å². The number of phenols is 1. The molecule has 0 saturated heterocycles. The summed E-state index contributed by atoms with van der Waals surface area (Å²) >= 11 is 2.86. The van der Waals surface area contributed by atoms with Crippen molar-refractivity contribution in [3.8, 4) is 5.75 Å². The fraction of sp³-hybridized carbons (Fsp3) is 0.143. The van der Waals surface area contributed by atoms with Crippen LogP contribution >= 0.6 is 15.9 Å². The van der Waals surface area contributed by atoms with Gasteiger partial charge in [0, 0.05) is 10.9 Å². The maximum atomic E-state index is 12.8. The second-order valence-corrected chi connectivity index (χ2v) is 2.69. The zero-order valence-corrected chi connectivity index (χ0v) is 7.33. The minimum absolute atomic E-state index is 0.0175. The highest BCUT2D eigenvalue weighted by Crippen LogP contribution is 2.26. The van der Waals surface area contributed by atoms with Gasteiger partial charge in [0.2, 0.25) is 5.82 Å². The lowest BCUT2D eigenvalue weighted by Crippen LogP contribution is -1.94. The minimum atomic E-state index is -1.56. The molecule has 5 heteroatoms. The van der Waals surface area contributed by atoms with Gasteiger partial charge in [-0.2, -0.15) is 4.39 Å². The molecule has 66 valence electrons. The first-order valence-corrected chi connectivity index (χ1v) is 4.11. The van der Waals surface area contributed by atoms with Gasteiger partial charge in [-0.25, -0.2) is 8.78 Å². The molecule has 1 nitrogen and oxygen atoms in total. The van der Waals surface area contributed by atoms with Crippen LogP contribution in [-0.2, 0) is 5.33 Å². The smallest absolute Gasteiger partial charge is 0.203 e. The molecule has 0 radical (unpaired) electrons. The van der Waals surface area contributed by atoms with E-state index in [2.05, 4.69) is 15.9 Å². The van der Waals surface area contributed by atoms with Crippen LogP contribution in [0.15, 0.2) is 6.07 Å². The summed E-state index contributed by atoms with van der Waals surface area (Å²) in [4.78, 5) is 0. The van der Waals surface area contributed by atoms with Crippen LogP contribution in [0.1, 0.15) is 5.56 Å². The molecule has 1 N–H and O–H groups in total. The summed E-state index contributed by atoms with van der Waals surface area (Å²) in [6.07, 6.45) is 0. The molecule has 1 aromatic carbocycles. The maximum absolute atomic E-state index is 12.8. The lowest BCUT2D eigenvalue weighted by Gasteiger charge is -2.02. The Balaban J connectivity index is 3.39. The third-order valence-corrected chi connectivity index (χ3v) is 1.96. The number of benzene rings is 1. The van der Waals surface area contributed by atoms with Gasteiger partial charge < -0.3 is 5.11 Å². The van der Waals surface area contributed by atoms with Gasteiger partial charge in [-0.3, -0.25) is 0 Å². The Hall–Kier alpha value is -0.710. The van der Waals surface area contributed by atoms with Crippen molar-refractivity contribution < 1.29 is 18.3 Å². The number of halogens is 4. The van der Waals surface area contributed by atoms with Gasteiger partial charge in [0.1, 0.15) is 0 Å². The average Bonchev–Trinajstić information content (AvgIpc) is 2.08. The van der Waals surface area contributed by atoms with E-state index in [1.165, 1.54) is 0 Å². The van der Waals surface area contributed by atoms with Gasteiger partial charge in [-0.15, -0.1) is 0 Å². The summed E-state index contributed by atoms with van der Waals surface area (Å²) in [6, 6.07) is 0.694. The van der Waals surface area contributed by atoms with Gasteiger partial charge in [0.15, 0.2) is 17.4 Å². The molecule has 0 heterocycles. The molecule has 0 unspecified atom stereocenters. The molecule has 0 saturated carbocycles. The van der Waals surface area contributed by atoms with Crippen molar-refractivity contribution in [3.05, 3.63) is 29.1 Å². The summed E-state index contributed by atoms with van der Waals surface area (Å²) in [5.74, 6) is -5.23. The van der Waals surface area contributed by atoms with E-state index in [0.29, 0.717) is 6.07 Å². The Morgan fingerprint density at radius 3 is 2.33 bits per heavy atom. The monoisotopic (exact) mass is 240 g/mol. The Kier molecular flexibility index (Phi) is 2.62. The maximum Gasteiger partial charge on any atom is 0.203 e. The van der Waals surface area contributed by atoms with Crippen LogP contribution in [0, 0.1) is 17.5 Å². The Morgan fingerprint density at radius 2 is 1.83 bits per heavy atom. The SMILES string of the molecule is Oc1c(F)c(F)cc(CBr)c1F. The molecule has 1 aromatic rings. The van der Waals surface area contributed by atoms with E-state index in [9.17, 15) is 13.2 Å². The number of rotatable bonds is 1. The van der Waals surface area contributed by atoms with Gasteiger partial charge in [-0.05, 0) is 6.07 Å². The number of aromatic hydroxyl groups is 1. The molecule has 0 atom stereocenters. The molecular formula is C7H4BrF3O. The lowest BCUT2D eigenvalue weighted by molar-refractivity contribution is 0.374. The highest BCUT2D eigenvalue weighted by Gasteiger charge is 2.16. The lowest BCUT2D eigenvalue weighted by atomic mass is 10.2. The number of hydrogen-bond donors (Lipinski definition) is 1. The van der Waals surface area contributed by atoms with Gasteiger partial charge in [-0.1, -0.05) is 15.9 Å². The first-order chi connectivity index (χ1) is 5.57. The van der Waals surface area contributed by atoms with Gasteiger partial charge >= 0.3 is 0 Å². The third kappa shape index (κ3) is 1.41. The second kappa shape index (κ2) is 3.35. The summed E-state index contributed by atoms with van der Waals surface area (Å²) in [7, 11) is 0. The first-order valence-electron chi connectivity index (χ1n) is 2.99. The molecule has 0 amide bonds. The van der Waals surface area contributed by atoms with E-state index in [0.717, 1.165) is 0 Å². The molecule has 0 fully saturated rings. The van der Waals surface area contributed by atoms with E-state index in [1.807, 2.05) is 0 Å². The van der Waals surface area contributed by atoms with Crippen LogP contribution in [-0.4, -0.2) is 5.11 Å². The van der Waals surface area contributed by atoms with E-state index < -0.39 is 23.2 Å². The fourth-order valence-electron chi connectivity index (χ4n) is 0.738. The van der Waals surface area contributed by atoms with Crippen molar-refractivity contribution in [1.82, 2.24) is 0 Å². The predicted octanol–water partition coefficient (Wildman–Crippen LogP) is 2.70. The van der Waals surface area contributed by atoms with Crippen LogP contribution in [0.2, 0.25) is 0 Å². The van der Waals surface area contributed by atoms with Crippen molar-refractivity contribution in [2.24, 2.45) is 0 Å². The number of hydrogen-bond acceptors (Lipinski definition) is 1. The van der Waals surface area contributed by atoms with E-state index >= 15 is 0 Å². The third-order valence-electron chi connectivity index (χ3n) is 1.35. The average molecular weight is 241 g/mol. The zero-order chi connectivity index (χ0) is 9.30. The summed E-state index contributed by atoms with van der Waals surface area (Å²) in [5, 5.41) is 8.71. The van der Waals surface area contributed by atoms with E-state index in [-0.39, 0.29) is 10.9 Å². The largest absolute Gasteiger partial charge is 0.503 e. The normalized spacial score (nSPS) is 10.3.